The van der Waals surface area contributed by atoms with Gasteiger partial charge in [0.2, 0.25) is 0 Å². The van der Waals surface area contributed by atoms with Crippen LogP contribution in [0.25, 0.3) is 0 Å². The first-order valence-corrected chi connectivity index (χ1v) is 6.78. The molecule has 0 unspecified atom stereocenters. The van der Waals surface area contributed by atoms with Gasteiger partial charge in [-0.3, -0.25) is 5.41 Å². The fourth-order valence-corrected chi connectivity index (χ4v) is 2.96. The predicted octanol–water partition coefficient (Wildman–Crippen LogP) is 2.79. The maximum atomic E-state index is 7.53. The van der Waals surface area contributed by atoms with E-state index in [4.69, 9.17) is 22.7 Å². The Balaban J connectivity index is 2.35. The Hall–Kier alpha value is -1.29. The first-order chi connectivity index (χ1) is 8.65. The monoisotopic (exact) mass is 266 g/mol. The molecule has 0 saturated heterocycles. The van der Waals surface area contributed by atoms with Crippen LogP contribution in [0.15, 0.2) is 12.3 Å². The van der Waals surface area contributed by atoms with Crippen molar-refractivity contribution in [1.29, 1.82) is 5.41 Å². The largest absolute Gasteiger partial charge is 0.384 e. The Bertz CT molecular complexity index is 441. The molecule has 1 aliphatic rings. The van der Waals surface area contributed by atoms with E-state index in [1.54, 1.807) is 12.3 Å². The number of hydrogen-bond donors (Lipinski definition) is 2. The number of aromatic nitrogens is 1. The molecule has 1 aromatic rings. The summed E-state index contributed by atoms with van der Waals surface area (Å²) >= 11 is 6.33. The van der Waals surface area contributed by atoms with Gasteiger partial charge in [0.25, 0.3) is 0 Å². The van der Waals surface area contributed by atoms with Crippen molar-refractivity contribution in [2.24, 2.45) is 5.73 Å². The van der Waals surface area contributed by atoms with Gasteiger partial charge in [-0.2, -0.15) is 0 Å². The SMILES string of the molecule is CCN(c1nccc(C(=N)N)c1Cl)C1CCCC1. The molecule has 0 amide bonds. The summed E-state index contributed by atoms with van der Waals surface area (Å²) in [4.78, 5) is 6.62. The van der Waals surface area contributed by atoms with Crippen LogP contribution in [-0.2, 0) is 0 Å². The van der Waals surface area contributed by atoms with Crippen LogP contribution in [0.2, 0.25) is 5.02 Å². The molecule has 18 heavy (non-hydrogen) atoms. The first-order valence-electron chi connectivity index (χ1n) is 6.40. The molecule has 1 heterocycles. The van der Waals surface area contributed by atoms with Crippen molar-refractivity contribution in [3.8, 4) is 0 Å². The lowest BCUT2D eigenvalue weighted by molar-refractivity contribution is 0.613. The number of pyridine rings is 1. The summed E-state index contributed by atoms with van der Waals surface area (Å²) in [7, 11) is 0. The highest BCUT2D eigenvalue weighted by molar-refractivity contribution is 6.36. The fourth-order valence-electron chi connectivity index (χ4n) is 2.64. The summed E-state index contributed by atoms with van der Waals surface area (Å²) in [5.74, 6) is 0.755. The van der Waals surface area contributed by atoms with Gasteiger partial charge in [-0.1, -0.05) is 24.4 Å². The summed E-state index contributed by atoms with van der Waals surface area (Å²) in [5, 5.41) is 8.03. The van der Waals surface area contributed by atoms with E-state index in [1.165, 1.54) is 25.7 Å². The second-order valence-corrected chi connectivity index (χ2v) is 5.01. The number of nitrogens with one attached hydrogen (secondary N) is 1. The van der Waals surface area contributed by atoms with Gasteiger partial charge in [0.1, 0.15) is 11.7 Å². The van der Waals surface area contributed by atoms with E-state index in [0.717, 1.165) is 12.4 Å². The zero-order valence-corrected chi connectivity index (χ0v) is 11.4. The van der Waals surface area contributed by atoms with E-state index in [2.05, 4.69) is 16.8 Å². The number of nitrogens with zero attached hydrogens (tertiary/aromatic N) is 2. The smallest absolute Gasteiger partial charge is 0.148 e. The second-order valence-electron chi connectivity index (χ2n) is 4.63. The van der Waals surface area contributed by atoms with Crippen molar-refractivity contribution in [3.63, 3.8) is 0 Å². The molecule has 0 bridgehead atoms. The molecule has 1 fully saturated rings. The van der Waals surface area contributed by atoms with Gasteiger partial charge < -0.3 is 10.6 Å². The van der Waals surface area contributed by atoms with Crippen molar-refractivity contribution in [2.75, 3.05) is 11.4 Å². The Morgan fingerprint density at radius 1 is 1.56 bits per heavy atom. The van der Waals surface area contributed by atoms with Crippen molar-refractivity contribution in [3.05, 3.63) is 22.8 Å². The van der Waals surface area contributed by atoms with Crippen molar-refractivity contribution >= 4 is 23.3 Å². The summed E-state index contributed by atoms with van der Waals surface area (Å²) < 4.78 is 0. The van der Waals surface area contributed by atoms with Gasteiger partial charge >= 0.3 is 0 Å². The second kappa shape index (κ2) is 5.57. The van der Waals surface area contributed by atoms with Crippen LogP contribution < -0.4 is 10.6 Å². The normalized spacial score (nSPS) is 15.9. The molecule has 0 radical (unpaired) electrons. The quantitative estimate of drug-likeness (QED) is 0.651. The molecule has 0 aliphatic heterocycles. The van der Waals surface area contributed by atoms with Crippen LogP contribution >= 0.6 is 11.6 Å². The van der Waals surface area contributed by atoms with Gasteiger partial charge in [0, 0.05) is 24.3 Å². The predicted molar refractivity (Wildman–Crippen MR) is 75.5 cm³/mol. The van der Waals surface area contributed by atoms with E-state index in [0.29, 0.717) is 16.6 Å². The lowest BCUT2D eigenvalue weighted by atomic mass is 10.2. The molecule has 0 atom stereocenters. The Labute approximate surface area is 113 Å². The van der Waals surface area contributed by atoms with Gasteiger partial charge in [0.05, 0.1) is 5.02 Å². The number of rotatable bonds is 4. The number of nitrogens with two attached hydrogens (primary N) is 1. The highest BCUT2D eigenvalue weighted by atomic mass is 35.5. The maximum absolute atomic E-state index is 7.53. The molecule has 2 rings (SSSR count). The topological polar surface area (TPSA) is 66.0 Å². The van der Waals surface area contributed by atoms with Crippen LogP contribution in [0.5, 0.6) is 0 Å². The summed E-state index contributed by atoms with van der Waals surface area (Å²) in [5.41, 5.74) is 6.10. The minimum Gasteiger partial charge on any atom is -0.384 e. The fraction of sp³-hybridized carbons (Fsp3) is 0.538. The summed E-state index contributed by atoms with van der Waals surface area (Å²) in [6, 6.07) is 2.21. The number of amidine groups is 1. The van der Waals surface area contributed by atoms with E-state index < -0.39 is 0 Å². The molecule has 0 spiro atoms. The molecule has 0 aromatic carbocycles. The van der Waals surface area contributed by atoms with E-state index in [-0.39, 0.29) is 5.84 Å². The molecule has 1 aliphatic carbocycles. The first kappa shape index (κ1) is 13.1. The molecule has 4 nitrogen and oxygen atoms in total. The molecule has 1 aromatic heterocycles. The average molecular weight is 267 g/mol. The van der Waals surface area contributed by atoms with Gasteiger partial charge in [-0.25, -0.2) is 4.98 Å². The van der Waals surface area contributed by atoms with Gasteiger partial charge in [-0.05, 0) is 25.8 Å². The average Bonchev–Trinajstić information content (AvgIpc) is 2.85. The molecule has 1 saturated carbocycles. The minimum absolute atomic E-state index is 0.00822. The van der Waals surface area contributed by atoms with Crippen LogP contribution in [0.3, 0.4) is 0 Å². The van der Waals surface area contributed by atoms with Crippen molar-refractivity contribution in [1.82, 2.24) is 4.98 Å². The zero-order chi connectivity index (χ0) is 13.1. The highest BCUT2D eigenvalue weighted by Gasteiger charge is 2.25. The van der Waals surface area contributed by atoms with E-state index in [9.17, 15) is 0 Å². The Morgan fingerprint density at radius 2 is 2.22 bits per heavy atom. The van der Waals surface area contributed by atoms with Crippen molar-refractivity contribution in [2.45, 2.75) is 38.6 Å². The number of anilines is 1. The summed E-state index contributed by atoms with van der Waals surface area (Å²) in [6.07, 6.45) is 6.60. The third kappa shape index (κ3) is 2.43. The number of halogens is 1. The molecule has 98 valence electrons. The molecular formula is C13H19ClN4. The standard InChI is InChI=1S/C13H19ClN4/c1-2-18(9-5-3-4-6-9)13-11(14)10(12(15)16)7-8-17-13/h7-9H,2-6H2,1H3,(H3,15,16). The third-order valence-electron chi connectivity index (χ3n) is 3.54. The van der Waals surface area contributed by atoms with Gasteiger partial charge in [0.15, 0.2) is 0 Å². The van der Waals surface area contributed by atoms with E-state index >= 15 is 0 Å². The van der Waals surface area contributed by atoms with Crippen LogP contribution in [-0.4, -0.2) is 23.4 Å². The molecular weight excluding hydrogens is 248 g/mol. The maximum Gasteiger partial charge on any atom is 0.148 e. The van der Waals surface area contributed by atoms with Crippen LogP contribution in [0, 0.1) is 5.41 Å². The number of hydrogen-bond acceptors (Lipinski definition) is 3. The number of nitrogen functional groups attached to an aromatic ring is 1. The van der Waals surface area contributed by atoms with Crippen LogP contribution in [0.1, 0.15) is 38.2 Å². The van der Waals surface area contributed by atoms with E-state index in [1.807, 2.05) is 0 Å². The zero-order valence-electron chi connectivity index (χ0n) is 10.6. The lowest BCUT2D eigenvalue weighted by Gasteiger charge is -2.29. The highest BCUT2D eigenvalue weighted by Crippen LogP contribution is 2.32. The minimum atomic E-state index is -0.00822. The summed E-state index contributed by atoms with van der Waals surface area (Å²) in [6.45, 7) is 2.98. The molecule has 5 heteroatoms. The lowest BCUT2D eigenvalue weighted by Crippen LogP contribution is -2.34. The van der Waals surface area contributed by atoms with Crippen molar-refractivity contribution < 1.29 is 0 Å². The van der Waals surface area contributed by atoms with Crippen LogP contribution in [0.4, 0.5) is 5.82 Å². The van der Waals surface area contributed by atoms with Gasteiger partial charge in [-0.15, -0.1) is 0 Å². The Morgan fingerprint density at radius 3 is 2.78 bits per heavy atom. The Kier molecular flexibility index (Phi) is 4.07. The molecule has 3 N–H and O–H groups in total. The third-order valence-corrected chi connectivity index (χ3v) is 3.91.